The molecular weight excluding hydrogens is 442 g/mol. The van der Waals surface area contributed by atoms with Crippen molar-refractivity contribution in [3.8, 4) is 5.69 Å². The molecule has 2 aromatic heterocycles. The van der Waals surface area contributed by atoms with Crippen LogP contribution in [0.15, 0.2) is 66.6 Å². The molecule has 1 amide bonds. The van der Waals surface area contributed by atoms with Crippen molar-refractivity contribution in [3.63, 3.8) is 0 Å². The molecule has 0 aliphatic carbocycles. The number of amides is 1. The molecule has 0 radical (unpaired) electrons. The van der Waals surface area contributed by atoms with Crippen molar-refractivity contribution in [1.82, 2.24) is 24.6 Å². The van der Waals surface area contributed by atoms with E-state index >= 15 is 0 Å². The SMILES string of the molecule is CCN(CC)CCCN1C(=O)C(=O)/C(=C(\O)c2cnn(-c3ccccc3)c2C)C1c1ccncc1. The number of aliphatic hydroxyl groups excluding tert-OH is 1. The minimum absolute atomic E-state index is 0.0831. The first kappa shape index (κ1) is 24.3. The number of likely N-dealkylation sites (tertiary alicyclic amines) is 1. The number of para-hydroxylation sites is 1. The van der Waals surface area contributed by atoms with Crippen LogP contribution in [0.2, 0.25) is 0 Å². The number of nitrogens with zero attached hydrogens (tertiary/aromatic N) is 5. The monoisotopic (exact) mass is 473 g/mol. The minimum atomic E-state index is -0.686. The van der Waals surface area contributed by atoms with Crippen LogP contribution in [0.4, 0.5) is 0 Å². The van der Waals surface area contributed by atoms with Gasteiger partial charge in [0.1, 0.15) is 5.76 Å². The summed E-state index contributed by atoms with van der Waals surface area (Å²) < 4.78 is 1.71. The standard InChI is InChI=1S/C27H31N5O3/c1-4-30(5-2)16-9-17-31-24(20-12-14-28-15-13-20)23(26(34)27(31)35)25(33)22-18-29-32(19(22)3)21-10-7-6-8-11-21/h6-8,10-15,18,24,33H,4-5,9,16-17H2,1-3H3/b25-23-. The number of pyridine rings is 1. The fourth-order valence-electron chi connectivity index (χ4n) is 4.62. The van der Waals surface area contributed by atoms with E-state index in [0.29, 0.717) is 17.8 Å². The lowest BCUT2D eigenvalue weighted by Crippen LogP contribution is -2.33. The van der Waals surface area contributed by atoms with Crippen LogP contribution in [0.25, 0.3) is 11.4 Å². The zero-order chi connectivity index (χ0) is 24.9. The Morgan fingerprint density at radius 1 is 1.06 bits per heavy atom. The van der Waals surface area contributed by atoms with Gasteiger partial charge in [0.25, 0.3) is 11.7 Å². The predicted octanol–water partition coefficient (Wildman–Crippen LogP) is 3.73. The molecule has 3 aromatic rings. The van der Waals surface area contributed by atoms with Crippen LogP contribution in [0.3, 0.4) is 0 Å². The molecule has 182 valence electrons. The van der Waals surface area contributed by atoms with Crippen molar-refractivity contribution in [1.29, 1.82) is 0 Å². The van der Waals surface area contributed by atoms with E-state index in [4.69, 9.17) is 0 Å². The summed E-state index contributed by atoms with van der Waals surface area (Å²) in [5.41, 5.74) is 2.76. The molecule has 1 fully saturated rings. The molecule has 1 unspecified atom stereocenters. The summed E-state index contributed by atoms with van der Waals surface area (Å²) >= 11 is 0. The van der Waals surface area contributed by atoms with Crippen molar-refractivity contribution in [2.24, 2.45) is 0 Å². The van der Waals surface area contributed by atoms with E-state index in [0.717, 1.165) is 37.3 Å². The van der Waals surface area contributed by atoms with Crippen molar-refractivity contribution in [2.45, 2.75) is 33.2 Å². The lowest BCUT2D eigenvalue weighted by molar-refractivity contribution is -0.140. The Morgan fingerprint density at radius 3 is 2.40 bits per heavy atom. The maximum Gasteiger partial charge on any atom is 0.295 e. The molecule has 4 rings (SSSR count). The van der Waals surface area contributed by atoms with E-state index in [1.54, 1.807) is 34.1 Å². The lowest BCUT2D eigenvalue weighted by atomic mass is 9.96. The van der Waals surface area contributed by atoms with Gasteiger partial charge in [-0.2, -0.15) is 5.10 Å². The number of ketones is 1. The van der Waals surface area contributed by atoms with Gasteiger partial charge >= 0.3 is 0 Å². The molecule has 3 heterocycles. The first-order chi connectivity index (χ1) is 17.0. The number of Topliss-reactive ketones (excluding diaryl/α,β-unsaturated/α-hetero) is 1. The van der Waals surface area contributed by atoms with Crippen molar-refractivity contribution < 1.29 is 14.7 Å². The topological polar surface area (TPSA) is 91.6 Å². The van der Waals surface area contributed by atoms with Crippen LogP contribution in [0.5, 0.6) is 0 Å². The number of aliphatic hydroxyl groups is 1. The van der Waals surface area contributed by atoms with Gasteiger partial charge in [-0.05, 0) is 62.8 Å². The first-order valence-electron chi connectivity index (χ1n) is 12.0. The molecule has 1 aliphatic heterocycles. The highest BCUT2D eigenvalue weighted by molar-refractivity contribution is 6.46. The van der Waals surface area contributed by atoms with E-state index in [2.05, 4.69) is 28.8 Å². The van der Waals surface area contributed by atoms with Gasteiger partial charge in [0.15, 0.2) is 0 Å². The van der Waals surface area contributed by atoms with Crippen molar-refractivity contribution in [3.05, 3.63) is 83.4 Å². The van der Waals surface area contributed by atoms with Crippen LogP contribution in [-0.2, 0) is 9.59 Å². The molecule has 8 heteroatoms. The van der Waals surface area contributed by atoms with E-state index < -0.39 is 17.7 Å². The Labute approximate surface area is 205 Å². The normalized spacial score (nSPS) is 17.5. The third-order valence-electron chi connectivity index (χ3n) is 6.60. The number of hydrogen-bond donors (Lipinski definition) is 1. The van der Waals surface area contributed by atoms with E-state index in [1.165, 1.54) is 6.20 Å². The van der Waals surface area contributed by atoms with Gasteiger partial charge in [-0.15, -0.1) is 0 Å². The summed E-state index contributed by atoms with van der Waals surface area (Å²) in [6, 6.07) is 12.4. The molecule has 1 saturated heterocycles. The van der Waals surface area contributed by atoms with Gasteiger partial charge in [-0.25, -0.2) is 4.68 Å². The fourth-order valence-corrected chi connectivity index (χ4v) is 4.62. The number of carbonyl (C=O) groups excluding carboxylic acids is 2. The summed E-state index contributed by atoms with van der Waals surface area (Å²) in [6.45, 7) is 9.11. The molecule has 1 aliphatic rings. The maximum atomic E-state index is 13.2. The zero-order valence-electron chi connectivity index (χ0n) is 20.4. The first-order valence-corrected chi connectivity index (χ1v) is 12.0. The molecule has 0 bridgehead atoms. The zero-order valence-corrected chi connectivity index (χ0v) is 20.4. The van der Waals surface area contributed by atoms with E-state index in [1.807, 2.05) is 37.3 Å². The Hall–Kier alpha value is -3.78. The van der Waals surface area contributed by atoms with Crippen LogP contribution in [-0.4, -0.2) is 67.5 Å². The lowest BCUT2D eigenvalue weighted by Gasteiger charge is -2.26. The second-order valence-corrected chi connectivity index (χ2v) is 8.54. The van der Waals surface area contributed by atoms with Crippen LogP contribution >= 0.6 is 0 Å². The second kappa shape index (κ2) is 10.7. The summed E-state index contributed by atoms with van der Waals surface area (Å²) in [7, 11) is 0. The van der Waals surface area contributed by atoms with E-state index in [-0.39, 0.29) is 11.3 Å². The van der Waals surface area contributed by atoms with Gasteiger partial charge in [-0.3, -0.25) is 14.6 Å². The number of hydrogen-bond acceptors (Lipinski definition) is 6. The highest BCUT2D eigenvalue weighted by Crippen LogP contribution is 2.39. The largest absolute Gasteiger partial charge is 0.507 e. The smallest absolute Gasteiger partial charge is 0.295 e. The average molecular weight is 474 g/mol. The quantitative estimate of drug-likeness (QED) is 0.289. The van der Waals surface area contributed by atoms with Gasteiger partial charge < -0.3 is 14.9 Å². The van der Waals surface area contributed by atoms with Gasteiger partial charge in [0, 0.05) is 18.9 Å². The third kappa shape index (κ3) is 4.74. The van der Waals surface area contributed by atoms with Gasteiger partial charge in [0.05, 0.1) is 34.8 Å². The summed E-state index contributed by atoms with van der Waals surface area (Å²) in [6.07, 6.45) is 5.52. The molecule has 1 aromatic carbocycles. The average Bonchev–Trinajstić information content (AvgIpc) is 3.40. The van der Waals surface area contributed by atoms with Crippen molar-refractivity contribution >= 4 is 17.4 Å². The molecule has 8 nitrogen and oxygen atoms in total. The van der Waals surface area contributed by atoms with Crippen LogP contribution in [0.1, 0.15) is 43.1 Å². The molecular formula is C27H31N5O3. The summed E-state index contributed by atoms with van der Waals surface area (Å²) in [5.74, 6) is -1.49. The Kier molecular flexibility index (Phi) is 7.41. The fraction of sp³-hybridized carbons (Fsp3) is 0.333. The molecule has 0 spiro atoms. The highest BCUT2D eigenvalue weighted by atomic mass is 16.3. The number of aromatic nitrogens is 3. The van der Waals surface area contributed by atoms with Crippen molar-refractivity contribution in [2.75, 3.05) is 26.2 Å². The number of carbonyl (C=O) groups is 2. The Bertz CT molecular complexity index is 1220. The minimum Gasteiger partial charge on any atom is -0.507 e. The van der Waals surface area contributed by atoms with Gasteiger partial charge in [0.2, 0.25) is 0 Å². The Morgan fingerprint density at radius 2 is 1.74 bits per heavy atom. The van der Waals surface area contributed by atoms with Crippen LogP contribution < -0.4 is 0 Å². The molecule has 1 N–H and O–H groups in total. The second-order valence-electron chi connectivity index (χ2n) is 8.54. The number of rotatable bonds is 9. The van der Waals surface area contributed by atoms with Gasteiger partial charge in [-0.1, -0.05) is 32.0 Å². The predicted molar refractivity (Wildman–Crippen MR) is 134 cm³/mol. The molecule has 0 saturated carbocycles. The summed E-state index contributed by atoms with van der Waals surface area (Å²) in [5, 5.41) is 15.8. The summed E-state index contributed by atoms with van der Waals surface area (Å²) in [4.78, 5) is 34.3. The molecule has 35 heavy (non-hydrogen) atoms. The highest BCUT2D eigenvalue weighted by Gasteiger charge is 2.46. The Balaban J connectivity index is 1.74. The van der Waals surface area contributed by atoms with Crippen LogP contribution in [0, 0.1) is 6.92 Å². The molecule has 1 atom stereocenters. The number of benzene rings is 1. The third-order valence-corrected chi connectivity index (χ3v) is 6.60. The maximum absolute atomic E-state index is 13.2. The van der Waals surface area contributed by atoms with E-state index in [9.17, 15) is 14.7 Å².